The summed E-state index contributed by atoms with van der Waals surface area (Å²) < 4.78 is 5.52. The van der Waals surface area contributed by atoms with Gasteiger partial charge in [-0.2, -0.15) is 10.1 Å². The lowest BCUT2D eigenvalue weighted by molar-refractivity contribution is 0.634. The number of hydrogen-bond donors (Lipinski definition) is 0. The van der Waals surface area contributed by atoms with E-state index in [2.05, 4.69) is 26.0 Å². The van der Waals surface area contributed by atoms with Crippen molar-refractivity contribution in [2.24, 2.45) is 12.1 Å². The molecule has 2 aromatic heterocycles. The van der Waals surface area contributed by atoms with Crippen LogP contribution in [0.4, 0.5) is 5.95 Å². The smallest absolute Gasteiger partial charge is 0.297 e. The van der Waals surface area contributed by atoms with E-state index in [1.165, 1.54) is 9.13 Å². The molecule has 1 aliphatic heterocycles. The monoisotopic (exact) mass is 430 g/mol. The Balaban J connectivity index is 1.91. The molecule has 0 spiro atoms. The molecule has 1 aromatic carbocycles. The molecule has 0 amide bonds. The van der Waals surface area contributed by atoms with Crippen molar-refractivity contribution in [3.8, 4) is 0 Å². The van der Waals surface area contributed by atoms with E-state index in [-0.39, 0.29) is 11.2 Å². The van der Waals surface area contributed by atoms with E-state index in [0.717, 1.165) is 15.7 Å². The van der Waals surface area contributed by atoms with Gasteiger partial charge in [0.25, 0.3) is 5.56 Å². The van der Waals surface area contributed by atoms with Gasteiger partial charge >= 0.3 is 5.69 Å². The zero-order chi connectivity index (χ0) is 19.3. The van der Waals surface area contributed by atoms with Crippen LogP contribution in [0.1, 0.15) is 19.4 Å². The van der Waals surface area contributed by atoms with Crippen LogP contribution in [0.25, 0.3) is 11.2 Å². The molecular formula is C18H19BrN6O2. The molecule has 0 radical (unpaired) electrons. The van der Waals surface area contributed by atoms with Crippen LogP contribution in [-0.4, -0.2) is 24.4 Å². The molecule has 9 heteroatoms. The Kier molecular flexibility index (Phi) is 4.26. The van der Waals surface area contributed by atoms with Crippen LogP contribution in [0.3, 0.4) is 0 Å². The molecule has 0 aliphatic carbocycles. The minimum Gasteiger partial charge on any atom is -0.297 e. The number of benzene rings is 1. The molecule has 27 heavy (non-hydrogen) atoms. The topological polar surface area (TPSA) is 77.4 Å². The van der Waals surface area contributed by atoms with Crippen molar-refractivity contribution in [2.45, 2.75) is 33.5 Å². The maximum Gasteiger partial charge on any atom is 0.332 e. The number of fused-ring (bicyclic) bond motifs is 3. The Labute approximate surface area is 163 Å². The van der Waals surface area contributed by atoms with Crippen molar-refractivity contribution in [3.63, 3.8) is 0 Å². The lowest BCUT2D eigenvalue weighted by atomic mass is 10.2. The third-order valence-electron chi connectivity index (χ3n) is 4.68. The van der Waals surface area contributed by atoms with Crippen molar-refractivity contribution in [2.75, 3.05) is 5.01 Å². The summed E-state index contributed by atoms with van der Waals surface area (Å²) in [5.41, 5.74) is 2.08. The summed E-state index contributed by atoms with van der Waals surface area (Å²) in [5, 5.41) is 6.40. The number of rotatable bonds is 3. The minimum atomic E-state index is -0.359. The Hall–Kier alpha value is -2.68. The molecule has 3 heterocycles. The van der Waals surface area contributed by atoms with Crippen molar-refractivity contribution < 1.29 is 0 Å². The van der Waals surface area contributed by atoms with Crippen molar-refractivity contribution in [1.82, 2.24) is 18.7 Å². The molecule has 140 valence electrons. The predicted molar refractivity (Wildman–Crippen MR) is 108 cm³/mol. The highest BCUT2D eigenvalue weighted by Gasteiger charge is 2.26. The number of halogens is 1. The second-order valence-corrected chi connectivity index (χ2v) is 7.50. The summed E-state index contributed by atoms with van der Waals surface area (Å²) >= 11 is 3.44. The standard InChI is InChI=1S/C18H19BrN6O2/c1-4-23-16(26)14-15(22(3)18(23)27)20-17-24(14)9-11(2)21-25(17)10-12-5-7-13(19)8-6-12/h5-8H,4,9-10H2,1-3H3. The molecule has 0 saturated heterocycles. The van der Waals surface area contributed by atoms with Crippen LogP contribution < -0.4 is 16.3 Å². The SMILES string of the molecule is CCn1c(=O)c2c(nc3n2CC(C)=NN3Cc2ccc(Br)cc2)n(C)c1=O. The number of nitrogens with zero attached hydrogens (tertiary/aromatic N) is 6. The number of anilines is 1. The van der Waals surface area contributed by atoms with Crippen molar-refractivity contribution in [3.05, 3.63) is 55.1 Å². The number of hydrazone groups is 1. The van der Waals surface area contributed by atoms with Gasteiger partial charge in [0.2, 0.25) is 5.95 Å². The molecule has 1 aliphatic rings. The Bertz CT molecular complexity index is 1190. The van der Waals surface area contributed by atoms with Crippen LogP contribution in [-0.2, 0) is 26.7 Å². The molecule has 0 fully saturated rings. The number of imidazole rings is 1. The Morgan fingerprint density at radius 1 is 1.19 bits per heavy atom. The summed E-state index contributed by atoms with van der Waals surface area (Å²) in [6.45, 7) is 5.01. The van der Waals surface area contributed by atoms with E-state index >= 15 is 0 Å². The van der Waals surface area contributed by atoms with Gasteiger partial charge in [0.05, 0.1) is 18.8 Å². The molecule has 4 rings (SSSR count). The molecule has 0 unspecified atom stereocenters. The van der Waals surface area contributed by atoms with E-state index in [0.29, 0.717) is 36.7 Å². The first-order chi connectivity index (χ1) is 12.9. The molecule has 3 aromatic rings. The zero-order valence-electron chi connectivity index (χ0n) is 15.3. The van der Waals surface area contributed by atoms with Crippen LogP contribution >= 0.6 is 15.9 Å². The summed E-state index contributed by atoms with van der Waals surface area (Å²) in [5.74, 6) is 0.569. The third-order valence-corrected chi connectivity index (χ3v) is 5.21. The molecule has 0 atom stereocenters. The maximum absolute atomic E-state index is 12.9. The fourth-order valence-electron chi connectivity index (χ4n) is 3.37. The van der Waals surface area contributed by atoms with Gasteiger partial charge in [-0.15, -0.1) is 0 Å². The Morgan fingerprint density at radius 3 is 2.56 bits per heavy atom. The molecule has 0 N–H and O–H groups in total. The number of hydrogen-bond acceptors (Lipinski definition) is 5. The van der Waals surface area contributed by atoms with E-state index in [4.69, 9.17) is 0 Å². The molecule has 0 saturated carbocycles. The Morgan fingerprint density at radius 2 is 1.89 bits per heavy atom. The highest BCUT2D eigenvalue weighted by Crippen LogP contribution is 2.25. The number of aromatic nitrogens is 4. The van der Waals surface area contributed by atoms with Gasteiger partial charge in [-0.05, 0) is 31.5 Å². The normalized spacial score (nSPS) is 13.8. The summed E-state index contributed by atoms with van der Waals surface area (Å²) in [4.78, 5) is 29.9. The number of aryl methyl sites for hydroxylation is 1. The summed E-state index contributed by atoms with van der Waals surface area (Å²) in [6.07, 6.45) is 0. The minimum absolute atomic E-state index is 0.312. The second-order valence-electron chi connectivity index (χ2n) is 6.58. The highest BCUT2D eigenvalue weighted by atomic mass is 79.9. The predicted octanol–water partition coefficient (Wildman–Crippen LogP) is 2.08. The van der Waals surface area contributed by atoms with Gasteiger partial charge in [0, 0.05) is 18.1 Å². The fraction of sp³-hybridized carbons (Fsp3) is 0.333. The van der Waals surface area contributed by atoms with E-state index in [1.807, 2.05) is 35.8 Å². The van der Waals surface area contributed by atoms with Crippen molar-refractivity contribution in [1.29, 1.82) is 0 Å². The van der Waals surface area contributed by atoms with Crippen LogP contribution in [0, 0.1) is 0 Å². The van der Waals surface area contributed by atoms with E-state index in [9.17, 15) is 9.59 Å². The van der Waals surface area contributed by atoms with Crippen LogP contribution in [0.5, 0.6) is 0 Å². The largest absolute Gasteiger partial charge is 0.332 e. The van der Waals surface area contributed by atoms with Crippen LogP contribution in [0.15, 0.2) is 43.4 Å². The maximum atomic E-state index is 12.9. The highest BCUT2D eigenvalue weighted by molar-refractivity contribution is 9.10. The molecule has 0 bridgehead atoms. The average Bonchev–Trinajstić information content (AvgIpc) is 3.02. The van der Waals surface area contributed by atoms with Gasteiger partial charge in [-0.3, -0.25) is 18.5 Å². The first-order valence-electron chi connectivity index (χ1n) is 8.66. The van der Waals surface area contributed by atoms with Gasteiger partial charge < -0.3 is 0 Å². The van der Waals surface area contributed by atoms with E-state index < -0.39 is 0 Å². The van der Waals surface area contributed by atoms with Gasteiger partial charge in [0.15, 0.2) is 11.2 Å². The zero-order valence-corrected chi connectivity index (χ0v) is 16.9. The van der Waals surface area contributed by atoms with E-state index in [1.54, 1.807) is 19.0 Å². The third kappa shape index (κ3) is 2.82. The quantitative estimate of drug-likeness (QED) is 0.637. The van der Waals surface area contributed by atoms with Crippen LogP contribution in [0.2, 0.25) is 0 Å². The van der Waals surface area contributed by atoms with Gasteiger partial charge in [0.1, 0.15) is 0 Å². The summed E-state index contributed by atoms with van der Waals surface area (Å²) in [7, 11) is 1.64. The molecule has 8 nitrogen and oxygen atoms in total. The lowest BCUT2D eigenvalue weighted by Gasteiger charge is -2.25. The van der Waals surface area contributed by atoms with Gasteiger partial charge in [-0.1, -0.05) is 28.1 Å². The summed E-state index contributed by atoms with van der Waals surface area (Å²) in [6, 6.07) is 7.97. The first kappa shape index (κ1) is 17.7. The fourth-order valence-corrected chi connectivity index (χ4v) is 3.63. The first-order valence-corrected chi connectivity index (χ1v) is 9.46. The lowest BCUT2D eigenvalue weighted by Crippen LogP contribution is -2.39. The van der Waals surface area contributed by atoms with Crippen molar-refractivity contribution >= 4 is 38.8 Å². The second kappa shape index (κ2) is 6.49. The van der Waals surface area contributed by atoms with Gasteiger partial charge in [-0.25, -0.2) is 9.80 Å². The average molecular weight is 431 g/mol. The molecular weight excluding hydrogens is 412 g/mol.